The van der Waals surface area contributed by atoms with Crippen LogP contribution in [0.3, 0.4) is 0 Å². The monoisotopic (exact) mass is 260 g/mol. The lowest BCUT2D eigenvalue weighted by molar-refractivity contribution is 0.973. The van der Waals surface area contributed by atoms with Crippen LogP contribution in [-0.2, 0) is 6.42 Å². The van der Waals surface area contributed by atoms with Crippen molar-refractivity contribution in [3.63, 3.8) is 0 Å². The number of aromatic amines is 1. The van der Waals surface area contributed by atoms with Crippen LogP contribution in [0.5, 0.6) is 0 Å². The van der Waals surface area contributed by atoms with Gasteiger partial charge in [0, 0.05) is 12.0 Å². The Kier molecular flexibility index (Phi) is 3.25. The SMILES string of the molecule is N#Cc1ccccc1-c1n[nH]c(Cc2ccccc2)n1. The molecule has 1 N–H and O–H groups in total. The summed E-state index contributed by atoms with van der Waals surface area (Å²) in [6.45, 7) is 0. The molecule has 1 aromatic heterocycles. The van der Waals surface area contributed by atoms with E-state index in [4.69, 9.17) is 5.26 Å². The summed E-state index contributed by atoms with van der Waals surface area (Å²) in [7, 11) is 0. The predicted octanol–water partition coefficient (Wildman–Crippen LogP) is 2.93. The van der Waals surface area contributed by atoms with Crippen molar-refractivity contribution in [2.75, 3.05) is 0 Å². The highest BCUT2D eigenvalue weighted by Crippen LogP contribution is 2.19. The minimum atomic E-state index is 0.563. The third-order valence-electron chi connectivity index (χ3n) is 3.03. The molecule has 20 heavy (non-hydrogen) atoms. The molecule has 0 amide bonds. The molecule has 1 heterocycles. The fraction of sp³-hybridized carbons (Fsp3) is 0.0625. The largest absolute Gasteiger partial charge is 0.262 e. The average Bonchev–Trinajstić information content (AvgIpc) is 2.96. The van der Waals surface area contributed by atoms with Gasteiger partial charge in [0.25, 0.3) is 0 Å². The molecule has 0 radical (unpaired) electrons. The molecule has 0 aliphatic carbocycles. The quantitative estimate of drug-likeness (QED) is 0.787. The van der Waals surface area contributed by atoms with E-state index in [-0.39, 0.29) is 0 Å². The van der Waals surface area contributed by atoms with Gasteiger partial charge >= 0.3 is 0 Å². The third-order valence-corrected chi connectivity index (χ3v) is 3.03. The molecule has 0 spiro atoms. The minimum absolute atomic E-state index is 0.563. The van der Waals surface area contributed by atoms with Gasteiger partial charge in [0.1, 0.15) is 5.82 Å². The van der Waals surface area contributed by atoms with Gasteiger partial charge in [-0.15, -0.1) is 0 Å². The maximum atomic E-state index is 9.11. The van der Waals surface area contributed by atoms with Crippen molar-refractivity contribution in [2.45, 2.75) is 6.42 Å². The van der Waals surface area contributed by atoms with Gasteiger partial charge in [0.15, 0.2) is 5.82 Å². The summed E-state index contributed by atoms with van der Waals surface area (Å²) in [4.78, 5) is 4.47. The number of nitrogens with zero attached hydrogens (tertiary/aromatic N) is 3. The number of rotatable bonds is 3. The minimum Gasteiger partial charge on any atom is -0.262 e. The van der Waals surface area contributed by atoms with E-state index in [1.807, 2.05) is 48.5 Å². The molecule has 4 heteroatoms. The lowest BCUT2D eigenvalue weighted by Crippen LogP contribution is -1.90. The van der Waals surface area contributed by atoms with E-state index in [9.17, 15) is 0 Å². The summed E-state index contributed by atoms with van der Waals surface area (Å²) < 4.78 is 0. The van der Waals surface area contributed by atoms with Crippen molar-refractivity contribution in [3.05, 3.63) is 71.5 Å². The van der Waals surface area contributed by atoms with E-state index in [2.05, 4.69) is 21.3 Å². The van der Waals surface area contributed by atoms with Crippen LogP contribution in [0.15, 0.2) is 54.6 Å². The zero-order valence-electron chi connectivity index (χ0n) is 10.7. The molecule has 0 bridgehead atoms. The number of hydrogen-bond acceptors (Lipinski definition) is 3. The van der Waals surface area contributed by atoms with Crippen LogP contribution in [0.25, 0.3) is 11.4 Å². The number of aromatic nitrogens is 3. The number of nitrogens with one attached hydrogen (secondary N) is 1. The first-order valence-electron chi connectivity index (χ1n) is 6.31. The van der Waals surface area contributed by atoms with Crippen LogP contribution in [0.4, 0.5) is 0 Å². The zero-order valence-corrected chi connectivity index (χ0v) is 10.7. The number of nitriles is 1. The molecule has 4 nitrogen and oxygen atoms in total. The van der Waals surface area contributed by atoms with Crippen LogP contribution in [0.2, 0.25) is 0 Å². The van der Waals surface area contributed by atoms with Crippen molar-refractivity contribution in [3.8, 4) is 17.5 Å². The Bertz CT molecular complexity index is 753. The highest BCUT2D eigenvalue weighted by atomic mass is 15.2. The first-order valence-corrected chi connectivity index (χ1v) is 6.31. The highest BCUT2D eigenvalue weighted by Gasteiger charge is 2.10. The summed E-state index contributed by atoms with van der Waals surface area (Å²) in [5.74, 6) is 1.35. The van der Waals surface area contributed by atoms with E-state index in [0.717, 1.165) is 11.4 Å². The molecule has 0 aliphatic heterocycles. The smallest absolute Gasteiger partial charge is 0.182 e. The Hall–Kier alpha value is -2.93. The fourth-order valence-corrected chi connectivity index (χ4v) is 2.06. The molecule has 3 rings (SSSR count). The Morgan fingerprint density at radius 1 is 1.00 bits per heavy atom. The molecule has 0 saturated heterocycles. The van der Waals surface area contributed by atoms with Crippen LogP contribution in [0, 0.1) is 11.3 Å². The lowest BCUT2D eigenvalue weighted by atomic mass is 10.1. The summed E-state index contributed by atoms with van der Waals surface area (Å²) >= 11 is 0. The highest BCUT2D eigenvalue weighted by molar-refractivity contribution is 5.63. The Balaban J connectivity index is 1.89. The summed E-state index contributed by atoms with van der Waals surface area (Å²) in [6, 6.07) is 19.6. The number of benzene rings is 2. The van der Waals surface area contributed by atoms with Gasteiger partial charge in [-0.05, 0) is 17.7 Å². The van der Waals surface area contributed by atoms with E-state index in [1.54, 1.807) is 6.07 Å². The maximum absolute atomic E-state index is 9.11. The molecule has 2 aromatic carbocycles. The van der Waals surface area contributed by atoms with Gasteiger partial charge in [-0.2, -0.15) is 10.4 Å². The van der Waals surface area contributed by atoms with E-state index >= 15 is 0 Å². The molecular formula is C16H12N4. The van der Waals surface area contributed by atoms with Crippen molar-refractivity contribution in [2.24, 2.45) is 0 Å². The fourth-order valence-electron chi connectivity index (χ4n) is 2.06. The lowest BCUT2D eigenvalue weighted by Gasteiger charge is -1.97. The molecule has 0 unspecified atom stereocenters. The standard InChI is InChI=1S/C16H12N4/c17-11-13-8-4-5-9-14(13)16-18-15(19-20-16)10-12-6-2-1-3-7-12/h1-9H,10H2,(H,18,19,20). The molecule has 3 aromatic rings. The first-order chi connectivity index (χ1) is 9.86. The molecule has 96 valence electrons. The van der Waals surface area contributed by atoms with E-state index in [0.29, 0.717) is 17.8 Å². The van der Waals surface area contributed by atoms with E-state index < -0.39 is 0 Å². The van der Waals surface area contributed by atoms with Crippen LogP contribution in [-0.4, -0.2) is 15.2 Å². The summed E-state index contributed by atoms with van der Waals surface area (Å²) in [5.41, 5.74) is 2.51. The van der Waals surface area contributed by atoms with Crippen LogP contribution >= 0.6 is 0 Å². The van der Waals surface area contributed by atoms with Gasteiger partial charge < -0.3 is 0 Å². The molecule has 0 atom stereocenters. The predicted molar refractivity (Wildman–Crippen MR) is 75.8 cm³/mol. The van der Waals surface area contributed by atoms with Crippen molar-refractivity contribution in [1.29, 1.82) is 5.26 Å². The topological polar surface area (TPSA) is 65.4 Å². The van der Waals surface area contributed by atoms with Gasteiger partial charge in [0.05, 0.1) is 11.6 Å². The third kappa shape index (κ3) is 2.43. The van der Waals surface area contributed by atoms with Crippen molar-refractivity contribution >= 4 is 0 Å². The van der Waals surface area contributed by atoms with Gasteiger partial charge in [-0.25, -0.2) is 4.98 Å². The Morgan fingerprint density at radius 2 is 1.75 bits per heavy atom. The first kappa shape index (κ1) is 12.1. The van der Waals surface area contributed by atoms with Crippen molar-refractivity contribution < 1.29 is 0 Å². The Morgan fingerprint density at radius 3 is 2.55 bits per heavy atom. The molecule has 0 saturated carbocycles. The maximum Gasteiger partial charge on any atom is 0.182 e. The van der Waals surface area contributed by atoms with Gasteiger partial charge in [-0.1, -0.05) is 42.5 Å². The normalized spacial score (nSPS) is 10.2. The van der Waals surface area contributed by atoms with Gasteiger partial charge in [-0.3, -0.25) is 5.10 Å². The van der Waals surface area contributed by atoms with Crippen LogP contribution in [0.1, 0.15) is 17.0 Å². The molecule has 0 fully saturated rings. The zero-order chi connectivity index (χ0) is 13.8. The summed E-state index contributed by atoms with van der Waals surface area (Å²) in [6.07, 6.45) is 0.697. The second kappa shape index (κ2) is 5.37. The van der Waals surface area contributed by atoms with Crippen molar-refractivity contribution in [1.82, 2.24) is 15.2 Å². The molecular weight excluding hydrogens is 248 g/mol. The van der Waals surface area contributed by atoms with E-state index in [1.165, 1.54) is 5.56 Å². The average molecular weight is 260 g/mol. The summed E-state index contributed by atoms with van der Waals surface area (Å²) in [5, 5.41) is 16.2. The number of hydrogen-bond donors (Lipinski definition) is 1. The Labute approximate surface area is 116 Å². The second-order valence-corrected chi connectivity index (χ2v) is 4.43. The van der Waals surface area contributed by atoms with Crippen LogP contribution < -0.4 is 0 Å². The van der Waals surface area contributed by atoms with Gasteiger partial charge in [0.2, 0.25) is 0 Å². The second-order valence-electron chi connectivity index (χ2n) is 4.43. The number of H-pyrrole nitrogens is 1. The molecule has 0 aliphatic rings.